The summed E-state index contributed by atoms with van der Waals surface area (Å²) >= 11 is 1.17. The Kier molecular flexibility index (Phi) is 7.26. The molecule has 1 amide bonds. The molecule has 1 N–H and O–H groups in total. The molecular weight excluding hydrogens is 433 g/mol. The molecule has 1 aromatic carbocycles. The molecule has 7 nitrogen and oxygen atoms in total. The summed E-state index contributed by atoms with van der Waals surface area (Å²) in [6.45, 7) is 5.38. The van der Waals surface area contributed by atoms with Crippen LogP contribution in [0.1, 0.15) is 19.4 Å². The minimum atomic E-state index is -4.52. The number of alkyl halides is 3. The van der Waals surface area contributed by atoms with Gasteiger partial charge in [0.2, 0.25) is 5.91 Å². The summed E-state index contributed by atoms with van der Waals surface area (Å²) in [5.41, 5.74) is -0.909. The van der Waals surface area contributed by atoms with Crippen LogP contribution in [-0.2, 0) is 15.7 Å². The number of aromatic nitrogens is 2. The van der Waals surface area contributed by atoms with Gasteiger partial charge in [-0.15, -0.1) is 0 Å². The lowest BCUT2D eigenvalue weighted by Crippen LogP contribution is -2.45. The van der Waals surface area contributed by atoms with Crippen LogP contribution in [0.5, 0.6) is 5.75 Å². The van der Waals surface area contributed by atoms with Crippen LogP contribution in [0.15, 0.2) is 35.6 Å². The van der Waals surface area contributed by atoms with Gasteiger partial charge in [0.05, 0.1) is 36.3 Å². The van der Waals surface area contributed by atoms with E-state index in [9.17, 15) is 18.0 Å². The quantitative estimate of drug-likeness (QED) is 0.523. The third-order valence-corrected chi connectivity index (χ3v) is 5.45. The number of amides is 1. The van der Waals surface area contributed by atoms with Crippen LogP contribution in [0.3, 0.4) is 0 Å². The normalized spacial score (nSPS) is 19.2. The van der Waals surface area contributed by atoms with Crippen LogP contribution < -0.4 is 15.0 Å². The molecule has 2 unspecified atom stereocenters. The molecule has 1 aliphatic heterocycles. The largest absolute Gasteiger partial charge is 0.495 e. The van der Waals surface area contributed by atoms with Gasteiger partial charge < -0.3 is 19.7 Å². The number of rotatable bonds is 6. The lowest BCUT2D eigenvalue weighted by Gasteiger charge is -2.36. The Labute approximate surface area is 182 Å². The first-order valence-corrected chi connectivity index (χ1v) is 10.5. The molecule has 0 radical (unpaired) electrons. The highest BCUT2D eigenvalue weighted by atomic mass is 32.2. The monoisotopic (exact) mass is 456 g/mol. The van der Waals surface area contributed by atoms with Crippen molar-refractivity contribution in [2.45, 2.75) is 37.3 Å². The van der Waals surface area contributed by atoms with Crippen LogP contribution >= 0.6 is 11.8 Å². The van der Waals surface area contributed by atoms with Gasteiger partial charge in [0.25, 0.3) is 0 Å². The lowest BCUT2D eigenvalue weighted by molar-refractivity contribution is -0.137. The SMILES string of the molecule is COc1ccc(C(F)(F)F)cc1NC(=O)CSc1cc(N2CC(C)OC(C)C2)ncn1. The number of hydrogen-bond acceptors (Lipinski definition) is 7. The summed E-state index contributed by atoms with van der Waals surface area (Å²) in [7, 11) is 1.32. The molecule has 0 aliphatic carbocycles. The van der Waals surface area contributed by atoms with Crippen molar-refractivity contribution in [2.75, 3.05) is 36.2 Å². The van der Waals surface area contributed by atoms with E-state index in [1.807, 2.05) is 13.8 Å². The minimum Gasteiger partial charge on any atom is -0.495 e. The van der Waals surface area contributed by atoms with Gasteiger partial charge in [0, 0.05) is 19.2 Å². The summed E-state index contributed by atoms with van der Waals surface area (Å²) in [4.78, 5) is 22.9. The Morgan fingerprint density at radius 3 is 2.61 bits per heavy atom. The average molecular weight is 456 g/mol. The number of thioether (sulfide) groups is 1. The molecule has 2 atom stereocenters. The molecule has 0 bridgehead atoms. The van der Waals surface area contributed by atoms with Crippen molar-refractivity contribution in [2.24, 2.45) is 0 Å². The molecule has 168 valence electrons. The Morgan fingerprint density at radius 2 is 1.97 bits per heavy atom. The molecule has 0 saturated carbocycles. The van der Waals surface area contributed by atoms with E-state index < -0.39 is 17.6 Å². The van der Waals surface area contributed by atoms with E-state index in [4.69, 9.17) is 9.47 Å². The van der Waals surface area contributed by atoms with E-state index in [-0.39, 0.29) is 29.4 Å². The van der Waals surface area contributed by atoms with Gasteiger partial charge in [-0.25, -0.2) is 9.97 Å². The summed E-state index contributed by atoms with van der Waals surface area (Å²) < 4.78 is 49.7. The predicted octanol–water partition coefficient (Wildman–Crippen LogP) is 3.85. The second-order valence-corrected chi connectivity index (χ2v) is 8.12. The molecule has 3 rings (SSSR count). The zero-order chi connectivity index (χ0) is 22.6. The number of morpholine rings is 1. The number of benzene rings is 1. The number of carbonyl (C=O) groups excluding carboxylic acids is 1. The van der Waals surface area contributed by atoms with Crippen molar-refractivity contribution in [3.8, 4) is 5.75 Å². The van der Waals surface area contributed by atoms with Gasteiger partial charge >= 0.3 is 6.18 Å². The Morgan fingerprint density at radius 1 is 1.26 bits per heavy atom. The summed E-state index contributed by atoms with van der Waals surface area (Å²) in [5.74, 6) is 0.369. The number of hydrogen-bond donors (Lipinski definition) is 1. The number of nitrogens with one attached hydrogen (secondary N) is 1. The van der Waals surface area contributed by atoms with Gasteiger partial charge in [0.1, 0.15) is 22.9 Å². The number of methoxy groups -OCH3 is 1. The lowest BCUT2D eigenvalue weighted by atomic mass is 10.2. The molecule has 1 aliphatic rings. The molecule has 2 heterocycles. The second kappa shape index (κ2) is 9.73. The summed E-state index contributed by atoms with van der Waals surface area (Å²) in [6.07, 6.45) is -2.95. The van der Waals surface area contributed by atoms with E-state index in [0.717, 1.165) is 18.0 Å². The van der Waals surface area contributed by atoms with Crippen molar-refractivity contribution < 1.29 is 27.4 Å². The molecule has 1 aromatic heterocycles. The maximum absolute atomic E-state index is 13.0. The van der Waals surface area contributed by atoms with E-state index in [1.165, 1.54) is 31.3 Å². The van der Waals surface area contributed by atoms with Crippen LogP contribution in [0, 0.1) is 0 Å². The highest BCUT2D eigenvalue weighted by molar-refractivity contribution is 7.99. The first-order chi connectivity index (χ1) is 14.7. The highest BCUT2D eigenvalue weighted by Crippen LogP contribution is 2.35. The molecule has 1 fully saturated rings. The summed E-state index contributed by atoms with van der Waals surface area (Å²) in [5, 5.41) is 3.06. The number of anilines is 2. The fraction of sp³-hybridized carbons (Fsp3) is 0.450. The van der Waals surface area contributed by atoms with E-state index in [1.54, 1.807) is 6.07 Å². The molecular formula is C20H23F3N4O3S. The smallest absolute Gasteiger partial charge is 0.416 e. The zero-order valence-corrected chi connectivity index (χ0v) is 18.1. The average Bonchev–Trinajstić information content (AvgIpc) is 2.71. The van der Waals surface area contributed by atoms with Crippen molar-refractivity contribution >= 4 is 29.2 Å². The second-order valence-electron chi connectivity index (χ2n) is 7.13. The van der Waals surface area contributed by atoms with Crippen LogP contribution in [0.4, 0.5) is 24.7 Å². The van der Waals surface area contributed by atoms with Gasteiger partial charge in [-0.1, -0.05) is 11.8 Å². The Balaban J connectivity index is 1.64. The third kappa shape index (κ3) is 6.23. The van der Waals surface area contributed by atoms with Crippen LogP contribution in [-0.4, -0.2) is 54.0 Å². The predicted molar refractivity (Wildman–Crippen MR) is 112 cm³/mol. The summed E-state index contributed by atoms with van der Waals surface area (Å²) in [6, 6.07) is 4.71. The fourth-order valence-corrected chi connectivity index (χ4v) is 3.92. The van der Waals surface area contributed by atoms with Gasteiger partial charge in [-0.3, -0.25) is 4.79 Å². The number of ether oxygens (including phenoxy) is 2. The van der Waals surface area contributed by atoms with Gasteiger partial charge in [-0.2, -0.15) is 13.2 Å². The van der Waals surface area contributed by atoms with E-state index >= 15 is 0 Å². The molecule has 0 spiro atoms. The molecule has 31 heavy (non-hydrogen) atoms. The Bertz CT molecular complexity index is 919. The van der Waals surface area contributed by atoms with Gasteiger partial charge in [0.15, 0.2) is 0 Å². The molecule has 2 aromatic rings. The number of carbonyl (C=O) groups is 1. The number of halogens is 3. The maximum Gasteiger partial charge on any atom is 0.416 e. The Hall–Kier alpha value is -2.53. The fourth-order valence-electron chi connectivity index (χ4n) is 3.25. The van der Waals surface area contributed by atoms with Crippen molar-refractivity contribution in [1.29, 1.82) is 0 Å². The maximum atomic E-state index is 13.0. The van der Waals surface area contributed by atoms with E-state index in [2.05, 4.69) is 20.2 Å². The topological polar surface area (TPSA) is 76.6 Å². The first kappa shape index (κ1) is 23.1. The van der Waals surface area contributed by atoms with E-state index in [0.29, 0.717) is 18.1 Å². The zero-order valence-electron chi connectivity index (χ0n) is 17.3. The number of nitrogens with zero attached hydrogens (tertiary/aromatic N) is 3. The van der Waals surface area contributed by atoms with Crippen molar-refractivity contribution in [3.05, 3.63) is 36.2 Å². The minimum absolute atomic E-state index is 0.0359. The molecule has 11 heteroatoms. The molecule has 1 saturated heterocycles. The van der Waals surface area contributed by atoms with Crippen LogP contribution in [0.25, 0.3) is 0 Å². The van der Waals surface area contributed by atoms with Crippen molar-refractivity contribution in [3.63, 3.8) is 0 Å². The van der Waals surface area contributed by atoms with Crippen LogP contribution in [0.2, 0.25) is 0 Å². The first-order valence-electron chi connectivity index (χ1n) is 9.56. The standard InChI is InChI=1S/C20H23F3N4O3S/c1-12-8-27(9-13(2)30-12)17-7-19(25-11-24-17)31-10-18(28)26-15-6-14(20(21,22)23)4-5-16(15)29-3/h4-7,11-13H,8-10H2,1-3H3,(H,26,28). The van der Waals surface area contributed by atoms with Crippen molar-refractivity contribution in [1.82, 2.24) is 9.97 Å². The van der Waals surface area contributed by atoms with Gasteiger partial charge in [-0.05, 0) is 32.0 Å². The third-order valence-electron chi connectivity index (χ3n) is 4.52. The highest BCUT2D eigenvalue weighted by Gasteiger charge is 2.31.